The molecule has 9 heteroatoms. The number of aromatic nitrogens is 1. The van der Waals surface area contributed by atoms with Crippen LogP contribution >= 0.6 is 11.6 Å². The van der Waals surface area contributed by atoms with E-state index in [9.17, 15) is 5.11 Å². The van der Waals surface area contributed by atoms with Gasteiger partial charge in [0.25, 0.3) is 0 Å². The molecule has 230 valence electrons. The monoisotopic (exact) mass is 616 g/mol. The van der Waals surface area contributed by atoms with Crippen molar-refractivity contribution in [1.82, 2.24) is 9.88 Å². The van der Waals surface area contributed by atoms with Crippen molar-refractivity contribution in [2.24, 2.45) is 0 Å². The number of piperidine rings is 1. The van der Waals surface area contributed by atoms with Crippen LogP contribution in [-0.4, -0.2) is 52.7 Å². The van der Waals surface area contributed by atoms with Gasteiger partial charge in [-0.15, -0.1) is 5.92 Å². The zero-order valence-electron chi connectivity index (χ0n) is 24.9. The number of halogens is 1. The Morgan fingerprint density at radius 1 is 1.07 bits per heavy atom. The molecule has 1 fully saturated rings. The van der Waals surface area contributed by atoms with E-state index >= 15 is 0 Å². The number of pyridine rings is 1. The van der Waals surface area contributed by atoms with Crippen molar-refractivity contribution in [3.63, 3.8) is 0 Å². The lowest BCUT2D eigenvalue weighted by molar-refractivity contribution is -0.620. The van der Waals surface area contributed by atoms with Gasteiger partial charge in [0.05, 0.1) is 18.2 Å². The predicted octanol–water partition coefficient (Wildman–Crippen LogP) is 7.06. The molecule has 44 heavy (non-hydrogen) atoms. The molecule has 8 nitrogen and oxygen atoms in total. The molecule has 2 N–H and O–H groups in total. The first-order chi connectivity index (χ1) is 21.4. The Hall–Kier alpha value is -3.78. The third kappa shape index (κ3) is 8.65. The highest BCUT2D eigenvalue weighted by Crippen LogP contribution is 2.45. The lowest BCUT2D eigenvalue weighted by Gasteiger charge is -2.43. The van der Waals surface area contributed by atoms with Crippen molar-refractivity contribution < 1.29 is 30.1 Å². The van der Waals surface area contributed by atoms with E-state index in [-0.39, 0.29) is 12.5 Å². The van der Waals surface area contributed by atoms with Crippen LogP contribution in [0.15, 0.2) is 85.4 Å². The molecule has 0 spiro atoms. The fourth-order valence-corrected chi connectivity index (χ4v) is 5.63. The molecule has 1 aliphatic rings. The number of methoxy groups -OCH3 is 1. The maximum Gasteiger partial charge on any atom is 0.217 e. The summed E-state index contributed by atoms with van der Waals surface area (Å²) in [4.78, 5) is 11.3. The molecule has 1 saturated heterocycles. The molecule has 0 aliphatic carbocycles. The first kappa shape index (κ1) is 33.1. The third-order valence-electron chi connectivity index (χ3n) is 7.67. The van der Waals surface area contributed by atoms with Crippen LogP contribution in [0.5, 0.6) is 5.88 Å². The number of nitrogens with zero attached hydrogens (tertiary/aromatic N) is 2. The third-order valence-corrected chi connectivity index (χ3v) is 7.92. The van der Waals surface area contributed by atoms with Gasteiger partial charge in [-0.1, -0.05) is 78.7 Å². The molecule has 1 aliphatic heterocycles. The number of hydrogen-bond donors (Lipinski definition) is 2. The van der Waals surface area contributed by atoms with Crippen molar-refractivity contribution in [3.05, 3.63) is 113 Å². The zero-order valence-corrected chi connectivity index (χ0v) is 25.7. The largest absolute Gasteiger partial charge is 0.481 e. The van der Waals surface area contributed by atoms with Crippen LogP contribution in [0.3, 0.4) is 0 Å². The smallest absolute Gasteiger partial charge is 0.217 e. The van der Waals surface area contributed by atoms with Crippen LogP contribution in [0, 0.1) is 11.8 Å². The summed E-state index contributed by atoms with van der Waals surface area (Å²) in [6, 6.07) is 26.4. The van der Waals surface area contributed by atoms with Gasteiger partial charge in [-0.3, -0.25) is 4.90 Å². The number of hydrogen-bond acceptors (Lipinski definition) is 8. The molecular formula is C35H37ClN2O6. The number of likely N-dealkylation sites (tertiary alicyclic amines) is 1. The molecule has 0 radical (unpaired) electrons. The maximum atomic E-state index is 12.2. The van der Waals surface area contributed by atoms with E-state index < -0.39 is 5.60 Å². The van der Waals surface area contributed by atoms with Crippen LogP contribution in [-0.2, 0) is 21.5 Å². The molecule has 1 atom stereocenters. The summed E-state index contributed by atoms with van der Waals surface area (Å²) in [5, 5.41) is 28.0. The van der Waals surface area contributed by atoms with Gasteiger partial charge in [-0.2, -0.15) is 4.89 Å². The minimum absolute atomic E-state index is 0.0804. The van der Waals surface area contributed by atoms with Crippen LogP contribution in [0.2, 0.25) is 5.02 Å². The number of rotatable bonds is 10. The predicted molar refractivity (Wildman–Crippen MR) is 172 cm³/mol. The summed E-state index contributed by atoms with van der Waals surface area (Å²) in [6.07, 6.45) is 3.11. The molecule has 2 heterocycles. The van der Waals surface area contributed by atoms with Gasteiger partial charge in [-0.25, -0.2) is 10.2 Å². The highest BCUT2D eigenvalue weighted by Gasteiger charge is 2.43. The summed E-state index contributed by atoms with van der Waals surface area (Å²) in [6.45, 7) is 8.13. The van der Waals surface area contributed by atoms with Crippen LogP contribution < -0.4 is 4.74 Å². The van der Waals surface area contributed by atoms with Crippen molar-refractivity contribution in [1.29, 1.82) is 0 Å². The average molecular weight is 617 g/mol. The van der Waals surface area contributed by atoms with E-state index in [0.717, 1.165) is 47.2 Å². The second-order valence-electron chi connectivity index (χ2n) is 10.4. The van der Waals surface area contributed by atoms with Gasteiger partial charge < -0.3 is 9.84 Å². The van der Waals surface area contributed by atoms with Gasteiger partial charge in [0, 0.05) is 41.5 Å². The van der Waals surface area contributed by atoms with E-state index in [1.807, 2.05) is 48.5 Å². The van der Waals surface area contributed by atoms with E-state index in [1.54, 1.807) is 14.0 Å². The summed E-state index contributed by atoms with van der Waals surface area (Å²) >= 11 is 6.23. The lowest BCUT2D eigenvalue weighted by Crippen LogP contribution is -2.48. The number of benzene rings is 3. The van der Waals surface area contributed by atoms with Crippen molar-refractivity contribution >= 4 is 28.6 Å². The number of ether oxygens (including phenoxy) is 1. The standard InChI is InChI=1S/C31H31ClN2O2.C4H6O4/c1-3-22-9-14-28-25(19-22)20-27(30(33-28)36-2)29(24-10-12-26(32)13-11-24)31(35)15-17-34(18-16-31)21-23-7-5-4-6-8-23;1-2-3-4-6-8-7-5/h3-14,19-20,29,35H,1,15-18,21H2,2H3;5H,4H2,1H3. The van der Waals surface area contributed by atoms with Crippen LogP contribution in [0.25, 0.3) is 17.0 Å². The first-order valence-electron chi connectivity index (χ1n) is 14.3. The quantitative estimate of drug-likeness (QED) is 0.0846. The Morgan fingerprint density at radius 3 is 2.43 bits per heavy atom. The molecule has 3 aromatic carbocycles. The highest BCUT2D eigenvalue weighted by molar-refractivity contribution is 6.30. The fourth-order valence-electron chi connectivity index (χ4n) is 5.50. The summed E-state index contributed by atoms with van der Waals surface area (Å²) < 4.78 is 5.79. The van der Waals surface area contributed by atoms with Crippen molar-refractivity contribution in [3.8, 4) is 17.7 Å². The minimum Gasteiger partial charge on any atom is -0.481 e. The topological polar surface area (TPSA) is 93.5 Å². The molecule has 1 unspecified atom stereocenters. The van der Waals surface area contributed by atoms with Crippen molar-refractivity contribution in [2.45, 2.75) is 37.8 Å². The van der Waals surface area contributed by atoms with E-state index in [2.05, 4.69) is 74.7 Å². The average Bonchev–Trinajstić information content (AvgIpc) is 3.05. The maximum absolute atomic E-state index is 12.2. The van der Waals surface area contributed by atoms with E-state index in [1.165, 1.54) is 5.56 Å². The number of aliphatic hydroxyl groups is 1. The van der Waals surface area contributed by atoms with Gasteiger partial charge in [0.2, 0.25) is 5.88 Å². The van der Waals surface area contributed by atoms with Crippen molar-refractivity contribution in [2.75, 3.05) is 26.8 Å². The Bertz CT molecular complexity index is 1560. The minimum atomic E-state index is -0.959. The molecule has 5 rings (SSSR count). The van der Waals surface area contributed by atoms with Gasteiger partial charge in [-0.05, 0) is 76.9 Å². The molecule has 4 aromatic rings. The first-order valence-corrected chi connectivity index (χ1v) is 14.6. The second-order valence-corrected chi connectivity index (χ2v) is 10.9. The Morgan fingerprint density at radius 2 is 1.80 bits per heavy atom. The van der Waals surface area contributed by atoms with E-state index in [4.69, 9.17) is 26.6 Å². The summed E-state index contributed by atoms with van der Waals surface area (Å²) in [5.74, 6) is 5.25. The zero-order chi connectivity index (χ0) is 31.4. The fraction of sp³-hybridized carbons (Fsp3) is 0.286. The molecule has 0 saturated carbocycles. The lowest BCUT2D eigenvalue weighted by atomic mass is 9.72. The summed E-state index contributed by atoms with van der Waals surface area (Å²) in [5.41, 5.74) is 4.08. The molecule has 0 amide bonds. The molecule has 0 bridgehead atoms. The van der Waals surface area contributed by atoms with Gasteiger partial charge in [0.1, 0.15) is 6.61 Å². The van der Waals surface area contributed by atoms with Gasteiger partial charge >= 0.3 is 0 Å². The SMILES string of the molecule is C=Cc1ccc2nc(OC)c(C(c3ccc(Cl)cc3)C3(O)CCN(Cc4ccccc4)CC3)cc2c1.CC#CCOOOO. The normalized spacial score (nSPS) is 14.9. The Balaban J connectivity index is 0.000000488. The summed E-state index contributed by atoms with van der Waals surface area (Å²) in [7, 11) is 1.64. The number of fused-ring (bicyclic) bond motifs is 1. The van der Waals surface area contributed by atoms with Gasteiger partial charge in [0.15, 0.2) is 0 Å². The van der Waals surface area contributed by atoms with Crippen LogP contribution in [0.1, 0.15) is 47.9 Å². The highest BCUT2D eigenvalue weighted by atomic mass is 35.5. The second kappa shape index (κ2) is 16.3. The molecule has 1 aromatic heterocycles. The Kier molecular flexibility index (Phi) is 12.3. The van der Waals surface area contributed by atoms with E-state index in [0.29, 0.717) is 23.7 Å². The van der Waals surface area contributed by atoms with Crippen LogP contribution in [0.4, 0.5) is 0 Å². The Labute approximate surface area is 263 Å². The molecular weight excluding hydrogens is 580 g/mol.